The van der Waals surface area contributed by atoms with Crippen molar-refractivity contribution >= 4 is 18.4 Å². The molecule has 4 heteroatoms. The lowest BCUT2D eigenvalue weighted by molar-refractivity contribution is -0.143. The van der Waals surface area contributed by atoms with Gasteiger partial charge in [-0.25, -0.2) is 4.79 Å². The van der Waals surface area contributed by atoms with Crippen LogP contribution >= 0.6 is 12.4 Å². The zero-order valence-corrected chi connectivity index (χ0v) is 11.7. The molecule has 0 saturated heterocycles. The third-order valence-electron chi connectivity index (χ3n) is 3.33. The SMILES string of the molecule is Cc1cc(C)c(C)c(C(C)(N)C(=O)O)c1C.Cl. The molecule has 0 spiro atoms. The van der Waals surface area contributed by atoms with Crippen LogP contribution in [0.15, 0.2) is 6.07 Å². The van der Waals surface area contributed by atoms with E-state index in [1.807, 2.05) is 27.7 Å². The van der Waals surface area contributed by atoms with E-state index in [0.29, 0.717) is 0 Å². The summed E-state index contributed by atoms with van der Waals surface area (Å²) in [6.07, 6.45) is 0. The van der Waals surface area contributed by atoms with Gasteiger partial charge in [-0.1, -0.05) is 6.07 Å². The monoisotopic (exact) mass is 257 g/mol. The molecule has 1 atom stereocenters. The maximum absolute atomic E-state index is 11.2. The largest absolute Gasteiger partial charge is 0.480 e. The van der Waals surface area contributed by atoms with Crippen LogP contribution in [0.5, 0.6) is 0 Å². The summed E-state index contributed by atoms with van der Waals surface area (Å²) in [7, 11) is 0. The fraction of sp³-hybridized carbons (Fsp3) is 0.462. The van der Waals surface area contributed by atoms with E-state index in [2.05, 4.69) is 6.07 Å². The van der Waals surface area contributed by atoms with Crippen molar-refractivity contribution in [1.29, 1.82) is 0 Å². The fourth-order valence-electron chi connectivity index (χ4n) is 2.10. The summed E-state index contributed by atoms with van der Waals surface area (Å²) in [6.45, 7) is 9.34. The first-order valence-corrected chi connectivity index (χ1v) is 5.29. The van der Waals surface area contributed by atoms with E-state index in [9.17, 15) is 9.90 Å². The standard InChI is InChI=1S/C13H19NO2.ClH/c1-7-6-8(2)10(4)11(9(7)3)13(5,14)12(15)16;/h6H,14H2,1-5H3,(H,15,16);1H. The second-order valence-corrected chi connectivity index (χ2v) is 4.64. The summed E-state index contributed by atoms with van der Waals surface area (Å²) in [5, 5.41) is 9.20. The maximum atomic E-state index is 11.2. The minimum Gasteiger partial charge on any atom is -0.480 e. The molecule has 0 fully saturated rings. The molecule has 1 unspecified atom stereocenters. The van der Waals surface area contributed by atoms with Crippen molar-refractivity contribution in [3.8, 4) is 0 Å². The van der Waals surface area contributed by atoms with Gasteiger partial charge in [0, 0.05) is 0 Å². The van der Waals surface area contributed by atoms with E-state index in [0.717, 1.165) is 27.8 Å². The molecule has 0 aliphatic heterocycles. The lowest BCUT2D eigenvalue weighted by atomic mass is 9.82. The Labute approximate surface area is 108 Å². The molecule has 0 heterocycles. The smallest absolute Gasteiger partial charge is 0.328 e. The van der Waals surface area contributed by atoms with Gasteiger partial charge in [0.15, 0.2) is 0 Å². The molecule has 1 aromatic rings. The summed E-state index contributed by atoms with van der Waals surface area (Å²) in [4.78, 5) is 11.2. The van der Waals surface area contributed by atoms with Gasteiger partial charge in [0.2, 0.25) is 0 Å². The molecule has 0 saturated carbocycles. The number of benzene rings is 1. The molecule has 0 radical (unpaired) electrons. The van der Waals surface area contributed by atoms with E-state index in [1.54, 1.807) is 6.92 Å². The molecule has 17 heavy (non-hydrogen) atoms. The quantitative estimate of drug-likeness (QED) is 0.856. The fourth-order valence-corrected chi connectivity index (χ4v) is 2.10. The predicted molar refractivity (Wildman–Crippen MR) is 71.8 cm³/mol. The Morgan fingerprint density at radius 1 is 1.18 bits per heavy atom. The van der Waals surface area contributed by atoms with Crippen molar-refractivity contribution in [2.45, 2.75) is 40.2 Å². The van der Waals surface area contributed by atoms with Crippen LogP contribution in [-0.2, 0) is 10.3 Å². The van der Waals surface area contributed by atoms with Gasteiger partial charge in [-0.2, -0.15) is 0 Å². The third kappa shape index (κ3) is 2.61. The van der Waals surface area contributed by atoms with Crippen LogP contribution in [0.1, 0.15) is 34.7 Å². The number of carbonyl (C=O) groups is 1. The highest BCUT2D eigenvalue weighted by atomic mass is 35.5. The second-order valence-electron chi connectivity index (χ2n) is 4.64. The summed E-state index contributed by atoms with van der Waals surface area (Å²) >= 11 is 0. The zero-order valence-electron chi connectivity index (χ0n) is 10.9. The van der Waals surface area contributed by atoms with Crippen LogP contribution in [0.25, 0.3) is 0 Å². The second kappa shape index (κ2) is 5.07. The number of carboxylic acid groups (broad SMARTS) is 1. The highest BCUT2D eigenvalue weighted by Gasteiger charge is 2.34. The minimum atomic E-state index is -1.33. The Morgan fingerprint density at radius 3 is 1.82 bits per heavy atom. The predicted octanol–water partition coefficient (Wildman–Crippen LogP) is 2.60. The topological polar surface area (TPSA) is 63.3 Å². The normalized spacial score (nSPS) is 13.8. The number of aryl methyl sites for hydroxylation is 2. The summed E-state index contributed by atoms with van der Waals surface area (Å²) < 4.78 is 0. The zero-order chi connectivity index (χ0) is 12.7. The third-order valence-corrected chi connectivity index (χ3v) is 3.33. The van der Waals surface area contributed by atoms with Crippen molar-refractivity contribution in [1.82, 2.24) is 0 Å². The van der Waals surface area contributed by atoms with E-state index in [4.69, 9.17) is 5.73 Å². The molecule has 0 aliphatic rings. The van der Waals surface area contributed by atoms with Gasteiger partial charge >= 0.3 is 5.97 Å². The molecule has 0 bridgehead atoms. The number of hydrogen-bond donors (Lipinski definition) is 2. The highest BCUT2D eigenvalue weighted by Crippen LogP contribution is 2.29. The highest BCUT2D eigenvalue weighted by molar-refractivity contribution is 5.85. The Balaban J connectivity index is 0.00000256. The van der Waals surface area contributed by atoms with Crippen molar-refractivity contribution in [2.75, 3.05) is 0 Å². The molecule has 0 amide bonds. The van der Waals surface area contributed by atoms with Gasteiger partial charge < -0.3 is 10.8 Å². The minimum absolute atomic E-state index is 0. The van der Waals surface area contributed by atoms with Gasteiger partial charge in [0.05, 0.1) is 0 Å². The van der Waals surface area contributed by atoms with Gasteiger partial charge in [-0.3, -0.25) is 0 Å². The Kier molecular flexibility index (Phi) is 4.75. The molecule has 1 rings (SSSR count). The summed E-state index contributed by atoms with van der Waals surface area (Å²) in [5.41, 5.74) is 9.42. The first-order chi connectivity index (χ1) is 7.19. The number of halogens is 1. The molecule has 96 valence electrons. The van der Waals surface area contributed by atoms with Crippen LogP contribution in [0.4, 0.5) is 0 Å². The number of carboxylic acids is 1. The van der Waals surface area contributed by atoms with Crippen molar-refractivity contribution in [3.05, 3.63) is 33.9 Å². The Hall–Kier alpha value is -1.06. The number of rotatable bonds is 2. The van der Waals surface area contributed by atoms with Gasteiger partial charge in [0.1, 0.15) is 5.54 Å². The Morgan fingerprint density at radius 2 is 1.53 bits per heavy atom. The van der Waals surface area contributed by atoms with Gasteiger partial charge in [-0.15, -0.1) is 12.4 Å². The molecule has 0 aliphatic carbocycles. The molecule has 1 aromatic carbocycles. The lowest BCUT2D eigenvalue weighted by Crippen LogP contribution is -2.43. The first kappa shape index (κ1) is 15.9. The van der Waals surface area contributed by atoms with Crippen LogP contribution in [0, 0.1) is 27.7 Å². The molecule has 0 aromatic heterocycles. The van der Waals surface area contributed by atoms with E-state index in [-0.39, 0.29) is 12.4 Å². The molecular formula is C13H20ClNO2. The summed E-state index contributed by atoms with van der Waals surface area (Å²) in [6, 6.07) is 2.06. The van der Waals surface area contributed by atoms with E-state index in [1.165, 1.54) is 0 Å². The van der Waals surface area contributed by atoms with Crippen molar-refractivity contribution in [2.24, 2.45) is 5.73 Å². The number of aliphatic carboxylic acids is 1. The molecule has 3 nitrogen and oxygen atoms in total. The molecule has 3 N–H and O–H groups in total. The van der Waals surface area contributed by atoms with E-state index >= 15 is 0 Å². The summed E-state index contributed by atoms with van der Waals surface area (Å²) in [5.74, 6) is -0.997. The first-order valence-electron chi connectivity index (χ1n) is 5.29. The maximum Gasteiger partial charge on any atom is 0.328 e. The van der Waals surface area contributed by atoms with Crippen LogP contribution in [0.3, 0.4) is 0 Å². The number of hydrogen-bond acceptors (Lipinski definition) is 2. The van der Waals surface area contributed by atoms with Crippen LogP contribution in [-0.4, -0.2) is 11.1 Å². The van der Waals surface area contributed by atoms with Gasteiger partial charge in [0.25, 0.3) is 0 Å². The Bertz CT molecular complexity index is 427. The van der Waals surface area contributed by atoms with Crippen molar-refractivity contribution in [3.63, 3.8) is 0 Å². The van der Waals surface area contributed by atoms with E-state index < -0.39 is 11.5 Å². The number of nitrogens with two attached hydrogens (primary N) is 1. The molecular weight excluding hydrogens is 238 g/mol. The average Bonchev–Trinajstić information content (AvgIpc) is 2.14. The van der Waals surface area contributed by atoms with Gasteiger partial charge in [-0.05, 0) is 62.4 Å². The lowest BCUT2D eigenvalue weighted by Gasteiger charge is -2.26. The van der Waals surface area contributed by atoms with Crippen LogP contribution < -0.4 is 5.73 Å². The van der Waals surface area contributed by atoms with Crippen molar-refractivity contribution < 1.29 is 9.90 Å². The average molecular weight is 258 g/mol. The van der Waals surface area contributed by atoms with Crippen LogP contribution in [0.2, 0.25) is 0 Å².